The molecular weight excluding hydrogens is 280 g/mol. The number of pyridine rings is 1. The quantitative estimate of drug-likeness (QED) is 0.881. The summed E-state index contributed by atoms with van der Waals surface area (Å²) in [6.45, 7) is 3.92. The number of methoxy groups -OCH3 is 1. The molecule has 22 heavy (non-hydrogen) atoms. The van der Waals surface area contributed by atoms with E-state index in [9.17, 15) is 9.59 Å². The van der Waals surface area contributed by atoms with Crippen LogP contribution in [-0.4, -0.2) is 24.0 Å². The van der Waals surface area contributed by atoms with E-state index >= 15 is 0 Å². The maximum atomic E-state index is 12.2. The SMILES string of the molecule is COC(=O)c1ccc(C(=O)NC(C)c2ccccc2C)nc1. The van der Waals surface area contributed by atoms with Crippen LogP contribution in [-0.2, 0) is 4.74 Å². The Kier molecular flexibility index (Phi) is 4.88. The van der Waals surface area contributed by atoms with Gasteiger partial charge in [0.15, 0.2) is 0 Å². The van der Waals surface area contributed by atoms with Crippen LogP contribution in [0.5, 0.6) is 0 Å². The first-order chi connectivity index (χ1) is 10.5. The van der Waals surface area contributed by atoms with Crippen LogP contribution in [0.4, 0.5) is 0 Å². The van der Waals surface area contributed by atoms with E-state index in [1.807, 2.05) is 38.1 Å². The molecule has 0 radical (unpaired) electrons. The summed E-state index contributed by atoms with van der Waals surface area (Å²) in [5.41, 5.74) is 2.74. The summed E-state index contributed by atoms with van der Waals surface area (Å²) < 4.78 is 4.59. The maximum Gasteiger partial charge on any atom is 0.339 e. The molecule has 0 aliphatic carbocycles. The molecule has 114 valence electrons. The van der Waals surface area contributed by atoms with E-state index < -0.39 is 5.97 Å². The zero-order valence-electron chi connectivity index (χ0n) is 12.8. The van der Waals surface area contributed by atoms with Gasteiger partial charge in [0.1, 0.15) is 5.69 Å². The second-order valence-corrected chi connectivity index (χ2v) is 4.98. The van der Waals surface area contributed by atoms with E-state index in [-0.39, 0.29) is 17.6 Å². The molecule has 1 atom stereocenters. The Morgan fingerprint density at radius 1 is 1.18 bits per heavy atom. The number of nitrogens with zero attached hydrogens (tertiary/aromatic N) is 1. The number of aromatic nitrogens is 1. The van der Waals surface area contributed by atoms with Crippen LogP contribution in [0.2, 0.25) is 0 Å². The summed E-state index contributed by atoms with van der Waals surface area (Å²) in [7, 11) is 1.30. The van der Waals surface area contributed by atoms with Gasteiger partial charge >= 0.3 is 5.97 Å². The first-order valence-electron chi connectivity index (χ1n) is 6.93. The molecule has 1 heterocycles. The highest BCUT2D eigenvalue weighted by molar-refractivity contribution is 5.94. The second-order valence-electron chi connectivity index (χ2n) is 4.98. The van der Waals surface area contributed by atoms with Crippen molar-refractivity contribution in [1.29, 1.82) is 0 Å². The van der Waals surface area contributed by atoms with Crippen LogP contribution in [0.3, 0.4) is 0 Å². The molecule has 0 bridgehead atoms. The topological polar surface area (TPSA) is 68.3 Å². The van der Waals surface area contributed by atoms with Gasteiger partial charge < -0.3 is 10.1 Å². The van der Waals surface area contributed by atoms with Gasteiger partial charge in [0, 0.05) is 6.20 Å². The third-order valence-corrected chi connectivity index (χ3v) is 3.42. The molecule has 1 aromatic carbocycles. The van der Waals surface area contributed by atoms with Crippen molar-refractivity contribution in [2.45, 2.75) is 19.9 Å². The molecule has 5 nitrogen and oxygen atoms in total. The number of ether oxygens (including phenoxy) is 1. The van der Waals surface area contributed by atoms with Crippen LogP contribution in [0.25, 0.3) is 0 Å². The highest BCUT2D eigenvalue weighted by Gasteiger charge is 2.14. The highest BCUT2D eigenvalue weighted by atomic mass is 16.5. The van der Waals surface area contributed by atoms with Crippen LogP contribution < -0.4 is 5.32 Å². The monoisotopic (exact) mass is 298 g/mol. The lowest BCUT2D eigenvalue weighted by atomic mass is 10.0. The van der Waals surface area contributed by atoms with Gasteiger partial charge in [-0.3, -0.25) is 9.78 Å². The Morgan fingerprint density at radius 2 is 1.91 bits per heavy atom. The smallest absolute Gasteiger partial charge is 0.339 e. The van der Waals surface area contributed by atoms with Gasteiger partial charge in [0.2, 0.25) is 0 Å². The van der Waals surface area contributed by atoms with Crippen molar-refractivity contribution in [3.63, 3.8) is 0 Å². The van der Waals surface area contributed by atoms with Gasteiger partial charge in [0.05, 0.1) is 18.7 Å². The number of nitrogens with one attached hydrogen (secondary N) is 1. The molecule has 0 aliphatic rings. The number of carbonyl (C=O) groups excluding carboxylic acids is 2. The minimum atomic E-state index is -0.479. The van der Waals surface area contributed by atoms with E-state index in [0.29, 0.717) is 5.56 Å². The molecule has 1 unspecified atom stereocenters. The number of hydrogen-bond acceptors (Lipinski definition) is 4. The Hall–Kier alpha value is -2.69. The van der Waals surface area contributed by atoms with Crippen molar-refractivity contribution in [1.82, 2.24) is 10.3 Å². The molecule has 0 saturated carbocycles. The first kappa shape index (κ1) is 15.7. The van der Waals surface area contributed by atoms with E-state index in [1.54, 1.807) is 0 Å². The molecule has 0 saturated heterocycles. The van der Waals surface area contributed by atoms with Gasteiger partial charge in [-0.05, 0) is 37.1 Å². The molecule has 1 amide bonds. The first-order valence-corrected chi connectivity index (χ1v) is 6.93. The van der Waals surface area contributed by atoms with Crippen molar-refractivity contribution in [2.75, 3.05) is 7.11 Å². The van der Waals surface area contributed by atoms with Crippen molar-refractivity contribution in [2.24, 2.45) is 0 Å². The van der Waals surface area contributed by atoms with Crippen LogP contribution >= 0.6 is 0 Å². The zero-order valence-corrected chi connectivity index (χ0v) is 12.8. The number of esters is 1. The molecular formula is C17H18N2O3. The minimum Gasteiger partial charge on any atom is -0.465 e. The zero-order chi connectivity index (χ0) is 16.1. The average molecular weight is 298 g/mol. The normalized spacial score (nSPS) is 11.6. The van der Waals surface area contributed by atoms with Crippen molar-refractivity contribution in [3.8, 4) is 0 Å². The summed E-state index contributed by atoms with van der Waals surface area (Å²) in [5, 5.41) is 2.90. The van der Waals surface area contributed by atoms with Gasteiger partial charge in [0.25, 0.3) is 5.91 Å². The van der Waals surface area contributed by atoms with Gasteiger partial charge in [-0.15, -0.1) is 0 Å². The van der Waals surface area contributed by atoms with Crippen LogP contribution in [0.1, 0.15) is 44.9 Å². The Morgan fingerprint density at radius 3 is 2.50 bits per heavy atom. The maximum absolute atomic E-state index is 12.2. The highest BCUT2D eigenvalue weighted by Crippen LogP contribution is 2.17. The lowest BCUT2D eigenvalue weighted by Crippen LogP contribution is -2.27. The standard InChI is InChI=1S/C17H18N2O3/c1-11-6-4-5-7-14(11)12(2)19-16(20)15-9-8-13(10-18-15)17(21)22-3/h4-10,12H,1-3H3,(H,19,20). The van der Waals surface area contributed by atoms with Crippen molar-refractivity contribution >= 4 is 11.9 Å². The van der Waals surface area contributed by atoms with Gasteiger partial charge in [-0.1, -0.05) is 24.3 Å². The molecule has 0 fully saturated rings. The van der Waals surface area contributed by atoms with E-state index in [0.717, 1.165) is 11.1 Å². The fourth-order valence-electron chi connectivity index (χ4n) is 2.19. The number of amides is 1. The summed E-state index contributed by atoms with van der Waals surface area (Å²) in [6, 6.07) is 10.8. The van der Waals surface area contributed by atoms with E-state index in [2.05, 4.69) is 15.0 Å². The predicted octanol–water partition coefficient (Wildman–Crippen LogP) is 2.67. The third kappa shape index (κ3) is 3.49. The molecule has 0 spiro atoms. The summed E-state index contributed by atoms with van der Waals surface area (Å²) in [5.74, 6) is -0.764. The minimum absolute atomic E-state index is 0.129. The molecule has 0 aliphatic heterocycles. The number of aryl methyl sites for hydroxylation is 1. The lowest BCUT2D eigenvalue weighted by Gasteiger charge is -2.16. The van der Waals surface area contributed by atoms with Gasteiger partial charge in [-0.2, -0.15) is 0 Å². The fourth-order valence-corrected chi connectivity index (χ4v) is 2.19. The van der Waals surface area contributed by atoms with E-state index in [4.69, 9.17) is 0 Å². The van der Waals surface area contributed by atoms with Gasteiger partial charge in [-0.25, -0.2) is 4.79 Å². The van der Waals surface area contributed by atoms with Crippen molar-refractivity contribution < 1.29 is 14.3 Å². The average Bonchev–Trinajstić information content (AvgIpc) is 2.54. The molecule has 2 aromatic rings. The number of benzene rings is 1. The van der Waals surface area contributed by atoms with Crippen LogP contribution in [0, 0.1) is 6.92 Å². The Bertz CT molecular complexity index is 681. The molecule has 5 heteroatoms. The number of hydrogen-bond donors (Lipinski definition) is 1. The summed E-state index contributed by atoms with van der Waals surface area (Å²) in [6.07, 6.45) is 1.33. The molecule has 1 N–H and O–H groups in total. The number of rotatable bonds is 4. The summed E-state index contributed by atoms with van der Waals surface area (Å²) >= 11 is 0. The summed E-state index contributed by atoms with van der Waals surface area (Å²) in [4.78, 5) is 27.5. The second kappa shape index (κ2) is 6.85. The number of carbonyl (C=O) groups is 2. The van der Waals surface area contributed by atoms with Crippen LogP contribution in [0.15, 0.2) is 42.6 Å². The fraction of sp³-hybridized carbons (Fsp3) is 0.235. The molecule has 2 rings (SSSR count). The third-order valence-electron chi connectivity index (χ3n) is 3.42. The lowest BCUT2D eigenvalue weighted by molar-refractivity contribution is 0.0599. The largest absolute Gasteiger partial charge is 0.465 e. The van der Waals surface area contributed by atoms with E-state index in [1.165, 1.54) is 25.4 Å². The Labute approximate surface area is 129 Å². The Balaban J connectivity index is 2.09. The predicted molar refractivity (Wildman–Crippen MR) is 82.6 cm³/mol. The van der Waals surface area contributed by atoms with Crippen molar-refractivity contribution in [3.05, 3.63) is 65.0 Å². The molecule has 1 aromatic heterocycles.